The summed E-state index contributed by atoms with van der Waals surface area (Å²) in [7, 11) is 0. The molecule has 2 N–H and O–H groups in total. The summed E-state index contributed by atoms with van der Waals surface area (Å²) >= 11 is 0. The van der Waals surface area contributed by atoms with Crippen LogP contribution in [0.25, 0.3) is 0 Å². The lowest BCUT2D eigenvalue weighted by molar-refractivity contribution is -0.133. The molecule has 0 aromatic heterocycles. The highest BCUT2D eigenvalue weighted by Gasteiger charge is 2.17. The Morgan fingerprint density at radius 1 is 0.963 bits per heavy atom. The van der Waals surface area contributed by atoms with Gasteiger partial charge in [-0.3, -0.25) is 20.4 Å². The number of benzene rings is 2. The average molecular weight is 370 g/mol. The molecule has 0 fully saturated rings. The van der Waals surface area contributed by atoms with Crippen molar-refractivity contribution in [1.29, 1.82) is 0 Å². The molecule has 0 saturated carbocycles. The van der Waals surface area contributed by atoms with Crippen molar-refractivity contribution in [2.24, 2.45) is 0 Å². The fraction of sp³-hybridized carbons (Fsp3) is 0.333. The molecule has 2 aromatic carbocycles. The summed E-state index contributed by atoms with van der Waals surface area (Å²) in [6.07, 6.45) is -0.758. The van der Waals surface area contributed by atoms with Gasteiger partial charge < -0.3 is 9.47 Å². The Morgan fingerprint density at radius 3 is 2.41 bits per heavy atom. The minimum Gasteiger partial charge on any atom is -0.484 e. The molecule has 144 valence electrons. The largest absolute Gasteiger partial charge is 0.484 e. The molecule has 0 spiro atoms. The number of hydrogen-bond acceptors (Lipinski definition) is 4. The molecule has 6 nitrogen and oxygen atoms in total. The third kappa shape index (κ3) is 5.74. The molecule has 27 heavy (non-hydrogen) atoms. The lowest BCUT2D eigenvalue weighted by Crippen LogP contribution is -2.48. The Morgan fingerprint density at radius 2 is 1.70 bits per heavy atom. The highest BCUT2D eigenvalue weighted by atomic mass is 16.5. The van der Waals surface area contributed by atoms with Crippen LogP contribution in [0.4, 0.5) is 0 Å². The number of nitrogens with one attached hydrogen (secondary N) is 2. The number of hydrazine groups is 1. The van der Waals surface area contributed by atoms with Crippen molar-refractivity contribution in [1.82, 2.24) is 10.9 Å². The minimum absolute atomic E-state index is 0.199. The van der Waals surface area contributed by atoms with Crippen LogP contribution in [0.3, 0.4) is 0 Å². The number of carbonyl (C=O) groups excluding carboxylic acids is 2. The van der Waals surface area contributed by atoms with Gasteiger partial charge >= 0.3 is 0 Å². The van der Waals surface area contributed by atoms with Crippen LogP contribution < -0.4 is 20.3 Å². The third-order valence-electron chi connectivity index (χ3n) is 4.40. The first-order chi connectivity index (χ1) is 12.8. The average Bonchev–Trinajstić information content (AvgIpc) is 2.64. The van der Waals surface area contributed by atoms with Gasteiger partial charge in [0.1, 0.15) is 11.5 Å². The number of aryl methyl sites for hydroxylation is 3. The molecule has 0 aliphatic rings. The second kappa shape index (κ2) is 9.07. The SMILES string of the molecule is Cc1ccc(OCC(=O)NNC(=O)C(C)Oc2cccc(C)c2C)cc1C. The molecule has 0 saturated heterocycles. The molecule has 6 heteroatoms. The van der Waals surface area contributed by atoms with Crippen LogP contribution in [0.5, 0.6) is 11.5 Å². The van der Waals surface area contributed by atoms with Crippen molar-refractivity contribution in [3.05, 3.63) is 58.7 Å². The van der Waals surface area contributed by atoms with Gasteiger partial charge in [-0.15, -0.1) is 0 Å². The van der Waals surface area contributed by atoms with Crippen molar-refractivity contribution in [2.45, 2.75) is 40.7 Å². The van der Waals surface area contributed by atoms with Crippen LogP contribution in [0.2, 0.25) is 0 Å². The first-order valence-corrected chi connectivity index (χ1v) is 8.79. The van der Waals surface area contributed by atoms with E-state index >= 15 is 0 Å². The zero-order valence-corrected chi connectivity index (χ0v) is 16.4. The van der Waals surface area contributed by atoms with Gasteiger partial charge in [-0.1, -0.05) is 18.2 Å². The van der Waals surface area contributed by atoms with E-state index in [1.165, 1.54) is 0 Å². The van der Waals surface area contributed by atoms with Crippen molar-refractivity contribution in [3.63, 3.8) is 0 Å². The molecule has 0 radical (unpaired) electrons. The molecule has 0 bridgehead atoms. The number of rotatable bonds is 6. The highest BCUT2D eigenvalue weighted by molar-refractivity contribution is 5.85. The highest BCUT2D eigenvalue weighted by Crippen LogP contribution is 2.21. The summed E-state index contributed by atoms with van der Waals surface area (Å²) < 4.78 is 11.1. The zero-order valence-electron chi connectivity index (χ0n) is 16.4. The molecular formula is C21H26N2O4. The summed E-state index contributed by atoms with van der Waals surface area (Å²) in [5, 5.41) is 0. The maximum atomic E-state index is 12.1. The van der Waals surface area contributed by atoms with E-state index in [0.29, 0.717) is 11.5 Å². The van der Waals surface area contributed by atoms with Crippen LogP contribution in [-0.4, -0.2) is 24.5 Å². The van der Waals surface area contributed by atoms with Gasteiger partial charge in [0.15, 0.2) is 12.7 Å². The summed E-state index contributed by atoms with van der Waals surface area (Å²) in [5.74, 6) is 0.337. The molecule has 0 aliphatic heterocycles. The van der Waals surface area contributed by atoms with Gasteiger partial charge in [0.05, 0.1) is 0 Å². The van der Waals surface area contributed by atoms with Crippen LogP contribution in [-0.2, 0) is 9.59 Å². The van der Waals surface area contributed by atoms with E-state index in [1.807, 2.05) is 58.0 Å². The predicted octanol–water partition coefficient (Wildman–Crippen LogP) is 2.91. The molecule has 0 aliphatic carbocycles. The Kier molecular flexibility index (Phi) is 6.82. The Labute approximate surface area is 159 Å². The number of ether oxygens (including phenoxy) is 2. The normalized spacial score (nSPS) is 11.4. The maximum Gasteiger partial charge on any atom is 0.279 e. The van der Waals surface area contributed by atoms with Crippen LogP contribution in [0.15, 0.2) is 36.4 Å². The molecule has 2 rings (SSSR count). The lowest BCUT2D eigenvalue weighted by Gasteiger charge is -2.17. The Hall–Kier alpha value is -3.02. The van der Waals surface area contributed by atoms with Gasteiger partial charge in [0.25, 0.3) is 11.8 Å². The smallest absolute Gasteiger partial charge is 0.279 e. The first kappa shape index (κ1) is 20.3. The van der Waals surface area contributed by atoms with E-state index in [9.17, 15) is 9.59 Å². The van der Waals surface area contributed by atoms with Crippen molar-refractivity contribution in [3.8, 4) is 11.5 Å². The maximum absolute atomic E-state index is 12.1. The third-order valence-corrected chi connectivity index (χ3v) is 4.40. The quantitative estimate of drug-likeness (QED) is 0.767. The fourth-order valence-corrected chi connectivity index (χ4v) is 2.32. The van der Waals surface area contributed by atoms with E-state index in [0.717, 1.165) is 22.3 Å². The summed E-state index contributed by atoms with van der Waals surface area (Å²) in [6, 6.07) is 11.2. The van der Waals surface area contributed by atoms with Crippen molar-refractivity contribution >= 4 is 11.8 Å². The second-order valence-corrected chi connectivity index (χ2v) is 6.53. The molecule has 1 atom stereocenters. The zero-order chi connectivity index (χ0) is 20.0. The van der Waals surface area contributed by atoms with Crippen molar-refractivity contribution in [2.75, 3.05) is 6.61 Å². The molecular weight excluding hydrogens is 344 g/mol. The Bertz CT molecular complexity index is 833. The second-order valence-electron chi connectivity index (χ2n) is 6.53. The van der Waals surface area contributed by atoms with Gasteiger partial charge in [-0.2, -0.15) is 0 Å². The van der Waals surface area contributed by atoms with Crippen LogP contribution in [0, 0.1) is 27.7 Å². The van der Waals surface area contributed by atoms with E-state index in [-0.39, 0.29) is 6.61 Å². The molecule has 0 heterocycles. The van der Waals surface area contributed by atoms with E-state index in [2.05, 4.69) is 10.9 Å². The summed E-state index contributed by atoms with van der Waals surface area (Å²) in [5.41, 5.74) is 8.97. The van der Waals surface area contributed by atoms with Gasteiger partial charge in [0, 0.05) is 0 Å². The minimum atomic E-state index is -0.758. The van der Waals surface area contributed by atoms with Gasteiger partial charge in [-0.05, 0) is 75.1 Å². The van der Waals surface area contributed by atoms with E-state index in [1.54, 1.807) is 13.0 Å². The standard InChI is InChI=1S/C21H26N2O4/c1-13-9-10-18(11-15(13)3)26-12-20(24)22-23-21(25)17(5)27-19-8-6-7-14(2)16(19)4/h6-11,17H,12H2,1-5H3,(H,22,24)(H,23,25). The lowest BCUT2D eigenvalue weighted by atomic mass is 10.1. The van der Waals surface area contributed by atoms with Gasteiger partial charge in [0.2, 0.25) is 0 Å². The predicted molar refractivity (Wildman–Crippen MR) is 104 cm³/mol. The fourth-order valence-electron chi connectivity index (χ4n) is 2.32. The van der Waals surface area contributed by atoms with Gasteiger partial charge in [-0.25, -0.2) is 0 Å². The monoisotopic (exact) mass is 370 g/mol. The first-order valence-electron chi connectivity index (χ1n) is 8.79. The Balaban J connectivity index is 1.79. The van der Waals surface area contributed by atoms with E-state index < -0.39 is 17.9 Å². The number of amides is 2. The number of carbonyl (C=O) groups is 2. The van der Waals surface area contributed by atoms with Crippen LogP contribution in [0.1, 0.15) is 29.2 Å². The topological polar surface area (TPSA) is 76.7 Å². The molecule has 2 amide bonds. The molecule has 2 aromatic rings. The summed E-state index contributed by atoms with van der Waals surface area (Å²) in [6.45, 7) is 9.30. The van der Waals surface area contributed by atoms with Crippen molar-refractivity contribution < 1.29 is 19.1 Å². The number of hydrogen-bond donors (Lipinski definition) is 2. The molecule has 1 unspecified atom stereocenters. The summed E-state index contributed by atoms with van der Waals surface area (Å²) in [4.78, 5) is 24.0. The van der Waals surface area contributed by atoms with E-state index in [4.69, 9.17) is 9.47 Å². The van der Waals surface area contributed by atoms with Crippen LogP contribution >= 0.6 is 0 Å².